The van der Waals surface area contributed by atoms with Gasteiger partial charge in [-0.25, -0.2) is 4.98 Å². The number of rotatable bonds is 4. The van der Waals surface area contributed by atoms with E-state index in [0.29, 0.717) is 18.0 Å². The van der Waals surface area contributed by atoms with Gasteiger partial charge in [0, 0.05) is 25.4 Å². The zero-order chi connectivity index (χ0) is 12.1. The Morgan fingerprint density at radius 3 is 3.12 bits per heavy atom. The number of carbonyl (C=O) groups is 1. The molecule has 0 saturated carbocycles. The smallest absolute Gasteiger partial charge is 0.252 e. The van der Waals surface area contributed by atoms with Crippen molar-refractivity contribution in [1.82, 2.24) is 10.3 Å². The van der Waals surface area contributed by atoms with Gasteiger partial charge in [-0.3, -0.25) is 4.79 Å². The number of nitrogens with one attached hydrogen (secondary N) is 1. The molecule has 1 saturated heterocycles. The number of aromatic nitrogens is 1. The largest absolute Gasteiger partial charge is 0.481 e. The highest BCUT2D eigenvalue weighted by Crippen LogP contribution is 2.11. The van der Waals surface area contributed by atoms with Gasteiger partial charge >= 0.3 is 0 Å². The molecule has 1 unspecified atom stereocenters. The van der Waals surface area contributed by atoms with Crippen molar-refractivity contribution in [1.29, 1.82) is 0 Å². The Bertz CT molecular complexity index is 372. The molecule has 1 fully saturated rings. The van der Waals surface area contributed by atoms with Crippen LogP contribution in [-0.4, -0.2) is 37.3 Å². The molecule has 0 radical (unpaired) electrons. The van der Waals surface area contributed by atoms with Crippen molar-refractivity contribution >= 4 is 5.91 Å². The molecule has 1 aliphatic rings. The zero-order valence-electron chi connectivity index (χ0n) is 9.81. The van der Waals surface area contributed by atoms with E-state index < -0.39 is 0 Å². The van der Waals surface area contributed by atoms with Crippen molar-refractivity contribution < 1.29 is 14.3 Å². The summed E-state index contributed by atoms with van der Waals surface area (Å²) in [6.07, 6.45) is 3.75. The molecule has 1 aromatic rings. The third-order valence-corrected chi connectivity index (χ3v) is 2.72. The summed E-state index contributed by atoms with van der Waals surface area (Å²) in [5.41, 5.74) is 0.531. The van der Waals surface area contributed by atoms with Crippen molar-refractivity contribution in [3.8, 4) is 5.88 Å². The minimum absolute atomic E-state index is 0.129. The van der Waals surface area contributed by atoms with Crippen LogP contribution in [0.25, 0.3) is 0 Å². The maximum atomic E-state index is 11.8. The predicted octanol–water partition coefficient (Wildman–Crippen LogP) is 0.999. The SMILES string of the molecule is COc1ccc(C(=O)NCC2CCCO2)cn1. The Kier molecular flexibility index (Phi) is 3.93. The summed E-state index contributed by atoms with van der Waals surface area (Å²) >= 11 is 0. The molecule has 92 valence electrons. The molecule has 5 nitrogen and oxygen atoms in total. The normalized spacial score (nSPS) is 19.0. The predicted molar refractivity (Wildman–Crippen MR) is 62.1 cm³/mol. The average Bonchev–Trinajstić information content (AvgIpc) is 2.89. The van der Waals surface area contributed by atoms with Gasteiger partial charge in [0.15, 0.2) is 0 Å². The topological polar surface area (TPSA) is 60.5 Å². The second-order valence-corrected chi connectivity index (χ2v) is 3.93. The van der Waals surface area contributed by atoms with Crippen LogP contribution < -0.4 is 10.1 Å². The second-order valence-electron chi connectivity index (χ2n) is 3.93. The summed E-state index contributed by atoms with van der Waals surface area (Å²) in [6.45, 7) is 1.36. The van der Waals surface area contributed by atoms with E-state index >= 15 is 0 Å². The van der Waals surface area contributed by atoms with E-state index in [0.717, 1.165) is 19.4 Å². The Balaban J connectivity index is 1.85. The highest BCUT2D eigenvalue weighted by atomic mass is 16.5. The standard InChI is InChI=1S/C12H16N2O3/c1-16-11-5-4-9(7-13-11)12(15)14-8-10-3-2-6-17-10/h4-5,7,10H,2-3,6,8H2,1H3,(H,14,15). The third-order valence-electron chi connectivity index (χ3n) is 2.72. The fourth-order valence-corrected chi connectivity index (χ4v) is 1.75. The van der Waals surface area contributed by atoms with Crippen LogP contribution in [0.3, 0.4) is 0 Å². The first kappa shape index (κ1) is 11.9. The number of methoxy groups -OCH3 is 1. The molecule has 1 atom stereocenters. The summed E-state index contributed by atoms with van der Waals surface area (Å²) < 4.78 is 10.4. The van der Waals surface area contributed by atoms with Crippen LogP contribution in [0.5, 0.6) is 5.88 Å². The lowest BCUT2D eigenvalue weighted by Gasteiger charge is -2.10. The summed E-state index contributed by atoms with van der Waals surface area (Å²) in [4.78, 5) is 15.7. The van der Waals surface area contributed by atoms with Crippen LogP contribution in [0, 0.1) is 0 Å². The lowest BCUT2D eigenvalue weighted by atomic mass is 10.2. The van der Waals surface area contributed by atoms with Crippen LogP contribution in [-0.2, 0) is 4.74 Å². The fourth-order valence-electron chi connectivity index (χ4n) is 1.75. The number of ether oxygens (including phenoxy) is 2. The van der Waals surface area contributed by atoms with Gasteiger partial charge in [-0.1, -0.05) is 0 Å². The van der Waals surface area contributed by atoms with Crippen LogP contribution in [0.1, 0.15) is 23.2 Å². The molecule has 5 heteroatoms. The van der Waals surface area contributed by atoms with Gasteiger partial charge in [0.25, 0.3) is 5.91 Å². The van der Waals surface area contributed by atoms with Gasteiger partial charge < -0.3 is 14.8 Å². The molecular formula is C12H16N2O3. The lowest BCUT2D eigenvalue weighted by molar-refractivity contribution is 0.0857. The van der Waals surface area contributed by atoms with Crippen LogP contribution >= 0.6 is 0 Å². The van der Waals surface area contributed by atoms with E-state index in [9.17, 15) is 4.79 Å². The van der Waals surface area contributed by atoms with Crippen molar-refractivity contribution in [2.45, 2.75) is 18.9 Å². The first-order valence-electron chi connectivity index (χ1n) is 5.69. The van der Waals surface area contributed by atoms with E-state index in [-0.39, 0.29) is 12.0 Å². The first-order valence-corrected chi connectivity index (χ1v) is 5.69. The Hall–Kier alpha value is -1.62. The second kappa shape index (κ2) is 5.63. The van der Waals surface area contributed by atoms with Crippen molar-refractivity contribution in [3.63, 3.8) is 0 Å². The molecule has 2 heterocycles. The van der Waals surface area contributed by atoms with Crippen LogP contribution in [0.4, 0.5) is 0 Å². The summed E-state index contributed by atoms with van der Waals surface area (Å²) in [5, 5.41) is 2.83. The van der Waals surface area contributed by atoms with E-state index in [1.54, 1.807) is 19.2 Å². The quantitative estimate of drug-likeness (QED) is 0.847. The van der Waals surface area contributed by atoms with E-state index in [4.69, 9.17) is 9.47 Å². The number of amides is 1. The molecule has 0 spiro atoms. The number of hydrogen-bond donors (Lipinski definition) is 1. The Morgan fingerprint density at radius 1 is 1.65 bits per heavy atom. The average molecular weight is 236 g/mol. The number of pyridine rings is 1. The minimum Gasteiger partial charge on any atom is -0.481 e. The molecule has 0 aromatic carbocycles. The van der Waals surface area contributed by atoms with Crippen molar-refractivity contribution in [2.24, 2.45) is 0 Å². The van der Waals surface area contributed by atoms with Gasteiger partial charge in [-0.2, -0.15) is 0 Å². The van der Waals surface area contributed by atoms with Crippen molar-refractivity contribution in [3.05, 3.63) is 23.9 Å². The van der Waals surface area contributed by atoms with Crippen molar-refractivity contribution in [2.75, 3.05) is 20.3 Å². The van der Waals surface area contributed by atoms with Gasteiger partial charge in [-0.15, -0.1) is 0 Å². The van der Waals surface area contributed by atoms with Crippen LogP contribution in [0.2, 0.25) is 0 Å². The van der Waals surface area contributed by atoms with E-state index in [1.165, 1.54) is 6.20 Å². The third kappa shape index (κ3) is 3.17. The lowest BCUT2D eigenvalue weighted by Crippen LogP contribution is -2.31. The highest BCUT2D eigenvalue weighted by Gasteiger charge is 2.16. The maximum absolute atomic E-state index is 11.8. The summed E-state index contributed by atoms with van der Waals surface area (Å²) in [5.74, 6) is 0.372. The molecule has 17 heavy (non-hydrogen) atoms. The molecule has 1 N–H and O–H groups in total. The Morgan fingerprint density at radius 2 is 2.53 bits per heavy atom. The summed E-state index contributed by atoms with van der Waals surface area (Å²) in [7, 11) is 1.54. The Labute approximate surface area is 100 Å². The van der Waals surface area contributed by atoms with E-state index in [1.807, 2.05) is 0 Å². The number of hydrogen-bond acceptors (Lipinski definition) is 4. The molecule has 1 aromatic heterocycles. The van der Waals surface area contributed by atoms with E-state index in [2.05, 4.69) is 10.3 Å². The molecule has 2 rings (SSSR count). The van der Waals surface area contributed by atoms with Gasteiger partial charge in [0.2, 0.25) is 5.88 Å². The molecule has 0 bridgehead atoms. The monoisotopic (exact) mass is 236 g/mol. The minimum atomic E-state index is -0.129. The molecule has 1 amide bonds. The molecule has 0 aliphatic carbocycles. The van der Waals surface area contributed by atoms with Crippen LogP contribution in [0.15, 0.2) is 18.3 Å². The van der Waals surface area contributed by atoms with Gasteiger partial charge in [0.1, 0.15) is 0 Å². The number of nitrogens with zero attached hydrogens (tertiary/aromatic N) is 1. The maximum Gasteiger partial charge on any atom is 0.252 e. The van der Waals surface area contributed by atoms with Gasteiger partial charge in [-0.05, 0) is 18.9 Å². The number of carbonyl (C=O) groups excluding carboxylic acids is 1. The molecule has 1 aliphatic heterocycles. The zero-order valence-corrected chi connectivity index (χ0v) is 9.81. The van der Waals surface area contributed by atoms with Gasteiger partial charge in [0.05, 0.1) is 18.8 Å². The first-order chi connectivity index (χ1) is 8.29. The highest BCUT2D eigenvalue weighted by molar-refractivity contribution is 5.93. The summed E-state index contributed by atoms with van der Waals surface area (Å²) in [6, 6.07) is 3.36. The fraction of sp³-hybridized carbons (Fsp3) is 0.500. The molecular weight excluding hydrogens is 220 g/mol.